The highest BCUT2D eigenvalue weighted by molar-refractivity contribution is 5.91. The van der Waals surface area contributed by atoms with Gasteiger partial charge in [0, 0.05) is 19.7 Å². The molecule has 1 saturated heterocycles. The average Bonchev–Trinajstić information content (AvgIpc) is 3.24. The van der Waals surface area contributed by atoms with Crippen LogP contribution >= 0.6 is 0 Å². The molecule has 29 heavy (non-hydrogen) atoms. The average molecular weight is 397 g/mol. The number of likely N-dealkylation sites (tertiary alicyclic amines) is 1. The van der Waals surface area contributed by atoms with E-state index in [1.807, 2.05) is 10.9 Å². The summed E-state index contributed by atoms with van der Waals surface area (Å²) in [5, 5.41) is 12.5. The zero-order valence-corrected chi connectivity index (χ0v) is 16.1. The third-order valence-electron chi connectivity index (χ3n) is 5.34. The predicted molar refractivity (Wildman–Crippen MR) is 99.8 cm³/mol. The van der Waals surface area contributed by atoms with Crippen molar-refractivity contribution in [1.29, 1.82) is 0 Å². The van der Waals surface area contributed by atoms with Gasteiger partial charge in [0.05, 0.1) is 18.8 Å². The molecule has 152 valence electrons. The lowest BCUT2D eigenvalue weighted by Gasteiger charge is -2.14. The number of aromatic nitrogens is 6. The van der Waals surface area contributed by atoms with Crippen molar-refractivity contribution in [2.75, 3.05) is 19.7 Å². The number of hydrogen-bond donors (Lipinski definition) is 0. The van der Waals surface area contributed by atoms with Crippen LogP contribution in [0.5, 0.6) is 0 Å². The zero-order valence-electron chi connectivity index (χ0n) is 16.1. The Bertz CT molecular complexity index is 960. The van der Waals surface area contributed by atoms with Crippen LogP contribution in [0.3, 0.4) is 0 Å². The number of ether oxygens (including phenoxy) is 1. The minimum atomic E-state index is -0.106. The Morgan fingerprint density at radius 1 is 1.28 bits per heavy atom. The molecule has 0 aromatic carbocycles. The Labute approximate surface area is 167 Å². The topological polar surface area (TPSA) is 104 Å². The second-order valence-electron chi connectivity index (χ2n) is 7.70. The largest absolute Gasteiger partial charge is 0.454 e. The van der Waals surface area contributed by atoms with Gasteiger partial charge in [-0.15, -0.1) is 5.10 Å². The summed E-state index contributed by atoms with van der Waals surface area (Å²) in [6.45, 7) is 2.99. The molecular weight excluding hydrogens is 374 g/mol. The maximum Gasteiger partial charge on any atom is 0.289 e. The van der Waals surface area contributed by atoms with Crippen LogP contribution in [0.1, 0.15) is 47.3 Å². The smallest absolute Gasteiger partial charge is 0.289 e. The first-order chi connectivity index (χ1) is 14.2. The van der Waals surface area contributed by atoms with Gasteiger partial charge in [-0.25, -0.2) is 14.3 Å². The fraction of sp³-hybridized carbons (Fsp3) is 0.526. The Morgan fingerprint density at radius 3 is 3.03 bits per heavy atom. The predicted octanol–water partition coefficient (Wildman–Crippen LogP) is 1.52. The minimum absolute atomic E-state index is 0.106. The number of rotatable bonds is 8. The van der Waals surface area contributed by atoms with E-state index in [0.29, 0.717) is 37.8 Å². The molecule has 10 heteroatoms. The molecule has 0 bridgehead atoms. The molecule has 2 fully saturated rings. The second kappa shape index (κ2) is 7.78. The zero-order chi connectivity index (χ0) is 19.6. The summed E-state index contributed by atoms with van der Waals surface area (Å²) in [7, 11) is 0. The van der Waals surface area contributed by atoms with Crippen molar-refractivity contribution in [3.63, 3.8) is 0 Å². The van der Waals surface area contributed by atoms with Crippen molar-refractivity contribution in [3.8, 4) is 0 Å². The molecule has 0 spiro atoms. The van der Waals surface area contributed by atoms with Crippen molar-refractivity contribution in [2.45, 2.75) is 38.5 Å². The normalized spacial score (nSPS) is 19.2. The van der Waals surface area contributed by atoms with Crippen molar-refractivity contribution < 1.29 is 13.9 Å². The maximum atomic E-state index is 12.8. The van der Waals surface area contributed by atoms with E-state index in [4.69, 9.17) is 9.15 Å². The fourth-order valence-corrected chi connectivity index (χ4v) is 3.52. The highest BCUT2D eigenvalue weighted by atomic mass is 16.5. The number of furan rings is 1. The van der Waals surface area contributed by atoms with Crippen LogP contribution in [0, 0.1) is 5.92 Å². The lowest BCUT2D eigenvalue weighted by molar-refractivity contribution is 0.0753. The van der Waals surface area contributed by atoms with Crippen LogP contribution in [0.25, 0.3) is 0 Å². The quantitative estimate of drug-likeness (QED) is 0.568. The molecule has 10 nitrogen and oxygen atoms in total. The van der Waals surface area contributed by atoms with E-state index in [1.54, 1.807) is 28.0 Å². The van der Waals surface area contributed by atoms with Crippen molar-refractivity contribution in [3.05, 3.63) is 48.2 Å². The highest BCUT2D eigenvalue weighted by Gasteiger charge is 2.30. The first-order valence-corrected chi connectivity index (χ1v) is 9.93. The molecule has 1 aliphatic carbocycles. The van der Waals surface area contributed by atoms with Gasteiger partial charge in [-0.3, -0.25) is 4.79 Å². The van der Waals surface area contributed by atoms with Crippen LogP contribution in [0.4, 0.5) is 0 Å². The fourth-order valence-electron chi connectivity index (χ4n) is 3.52. The van der Waals surface area contributed by atoms with Gasteiger partial charge in [-0.2, -0.15) is 5.10 Å². The molecule has 3 aromatic heterocycles. The molecule has 5 rings (SSSR count). The van der Waals surface area contributed by atoms with E-state index in [9.17, 15) is 4.79 Å². The van der Waals surface area contributed by atoms with Gasteiger partial charge in [-0.1, -0.05) is 5.21 Å². The molecule has 1 aliphatic heterocycles. The maximum absolute atomic E-state index is 12.8. The molecule has 1 saturated carbocycles. The van der Waals surface area contributed by atoms with E-state index in [0.717, 1.165) is 24.6 Å². The molecule has 1 unspecified atom stereocenters. The van der Waals surface area contributed by atoms with Gasteiger partial charge in [0.25, 0.3) is 5.91 Å². The van der Waals surface area contributed by atoms with Gasteiger partial charge in [0.1, 0.15) is 30.7 Å². The van der Waals surface area contributed by atoms with Gasteiger partial charge in [-0.05, 0) is 37.3 Å². The van der Waals surface area contributed by atoms with Gasteiger partial charge < -0.3 is 14.1 Å². The van der Waals surface area contributed by atoms with E-state index in [1.165, 1.54) is 19.2 Å². The minimum Gasteiger partial charge on any atom is -0.454 e. The molecular formula is C19H23N7O3. The SMILES string of the molecule is O=C(c1ccc(Cn2cncn2)o1)N1CCC(n2cc(COCC3CC3)nn2)C1. The van der Waals surface area contributed by atoms with Gasteiger partial charge in [0.15, 0.2) is 5.76 Å². The van der Waals surface area contributed by atoms with Crippen LogP contribution < -0.4 is 0 Å². The number of carbonyl (C=O) groups excluding carboxylic acids is 1. The second-order valence-corrected chi connectivity index (χ2v) is 7.70. The molecule has 1 amide bonds. The lowest BCUT2D eigenvalue weighted by Crippen LogP contribution is -2.28. The van der Waals surface area contributed by atoms with Crippen LogP contribution in [0.15, 0.2) is 35.4 Å². The first-order valence-electron chi connectivity index (χ1n) is 9.93. The summed E-state index contributed by atoms with van der Waals surface area (Å²) in [5.41, 5.74) is 0.833. The number of carbonyl (C=O) groups is 1. The number of nitrogens with zero attached hydrogens (tertiary/aromatic N) is 7. The van der Waals surface area contributed by atoms with Crippen LogP contribution in [-0.2, 0) is 17.9 Å². The molecule has 0 N–H and O–H groups in total. The Balaban J connectivity index is 1.15. The van der Waals surface area contributed by atoms with Crippen molar-refractivity contribution in [2.24, 2.45) is 5.92 Å². The van der Waals surface area contributed by atoms with Crippen molar-refractivity contribution >= 4 is 5.91 Å². The Kier molecular flexibility index (Phi) is 4.84. The van der Waals surface area contributed by atoms with Crippen molar-refractivity contribution in [1.82, 2.24) is 34.7 Å². The van der Waals surface area contributed by atoms with Crippen LogP contribution in [0.2, 0.25) is 0 Å². The lowest BCUT2D eigenvalue weighted by atomic mass is 10.3. The molecule has 4 heterocycles. The van der Waals surface area contributed by atoms with Crippen LogP contribution in [-0.4, -0.2) is 60.3 Å². The monoisotopic (exact) mass is 397 g/mol. The first kappa shape index (κ1) is 18.0. The molecule has 1 atom stereocenters. The molecule has 0 radical (unpaired) electrons. The number of hydrogen-bond acceptors (Lipinski definition) is 7. The summed E-state index contributed by atoms with van der Waals surface area (Å²) in [6, 6.07) is 3.63. The van der Waals surface area contributed by atoms with Gasteiger partial charge >= 0.3 is 0 Å². The third kappa shape index (κ3) is 4.21. The molecule has 3 aromatic rings. The number of amides is 1. The van der Waals surface area contributed by atoms with E-state index < -0.39 is 0 Å². The highest BCUT2D eigenvalue weighted by Crippen LogP contribution is 2.29. The standard InChI is InChI=1S/C19H23N7O3/c27-19(18-4-3-17(29-18)9-25-13-20-12-21-25)24-6-5-16(8-24)26-7-15(22-23-26)11-28-10-14-1-2-14/h3-4,7,12-14,16H,1-2,5-6,8-11H2. The Morgan fingerprint density at radius 2 is 2.21 bits per heavy atom. The summed E-state index contributed by atoms with van der Waals surface area (Å²) in [4.78, 5) is 18.5. The summed E-state index contributed by atoms with van der Waals surface area (Å²) < 4.78 is 14.9. The third-order valence-corrected chi connectivity index (χ3v) is 5.34. The van der Waals surface area contributed by atoms with E-state index in [2.05, 4.69) is 20.4 Å². The van der Waals surface area contributed by atoms with E-state index in [-0.39, 0.29) is 11.9 Å². The van der Waals surface area contributed by atoms with E-state index >= 15 is 0 Å². The molecule has 2 aliphatic rings. The Hall–Kier alpha value is -3.01. The summed E-state index contributed by atoms with van der Waals surface area (Å²) >= 11 is 0. The summed E-state index contributed by atoms with van der Waals surface area (Å²) in [6.07, 6.45) is 8.39. The summed E-state index contributed by atoms with van der Waals surface area (Å²) in [5.74, 6) is 1.64. The van der Waals surface area contributed by atoms with Gasteiger partial charge in [0.2, 0.25) is 0 Å².